The molecule has 0 radical (unpaired) electrons. The molecule has 0 aliphatic heterocycles. The van der Waals surface area contributed by atoms with Crippen LogP contribution in [0.4, 0.5) is 0 Å². The molecule has 92 valence electrons. The van der Waals surface area contributed by atoms with Gasteiger partial charge in [-0.2, -0.15) is 4.80 Å². The highest BCUT2D eigenvalue weighted by atomic mass is 16.3. The van der Waals surface area contributed by atoms with Gasteiger partial charge in [-0.3, -0.25) is 0 Å². The van der Waals surface area contributed by atoms with E-state index < -0.39 is 0 Å². The molecule has 16 heavy (non-hydrogen) atoms. The molecule has 6 heteroatoms. The number of nitrogens with zero attached hydrogens (tertiary/aromatic N) is 4. The van der Waals surface area contributed by atoms with Crippen molar-refractivity contribution in [1.29, 1.82) is 0 Å². The van der Waals surface area contributed by atoms with Crippen LogP contribution in [-0.2, 0) is 13.6 Å². The summed E-state index contributed by atoms with van der Waals surface area (Å²) in [5.74, 6) is 0.644. The normalized spacial score (nSPS) is 14.1. The van der Waals surface area contributed by atoms with E-state index in [0.29, 0.717) is 18.9 Å². The van der Waals surface area contributed by atoms with Crippen LogP contribution >= 0.6 is 0 Å². The van der Waals surface area contributed by atoms with Crippen LogP contribution in [0.15, 0.2) is 0 Å². The van der Waals surface area contributed by atoms with E-state index in [2.05, 4.69) is 41.5 Å². The highest BCUT2D eigenvalue weighted by molar-refractivity contribution is 4.76. The molecule has 1 aromatic rings. The third kappa shape index (κ3) is 5.18. The van der Waals surface area contributed by atoms with Crippen molar-refractivity contribution in [3.63, 3.8) is 0 Å². The lowest BCUT2D eigenvalue weighted by Crippen LogP contribution is -2.30. The van der Waals surface area contributed by atoms with Gasteiger partial charge in [0, 0.05) is 6.54 Å². The Labute approximate surface area is 96.0 Å². The number of hydrogen-bond acceptors (Lipinski definition) is 5. The molecule has 1 heterocycles. The monoisotopic (exact) mass is 227 g/mol. The molecule has 0 saturated heterocycles. The van der Waals surface area contributed by atoms with E-state index in [0.717, 1.165) is 6.42 Å². The first-order valence-electron chi connectivity index (χ1n) is 5.48. The van der Waals surface area contributed by atoms with Crippen molar-refractivity contribution in [2.75, 3.05) is 6.54 Å². The Hall–Kier alpha value is -1.01. The molecule has 0 aliphatic carbocycles. The summed E-state index contributed by atoms with van der Waals surface area (Å²) in [5, 5.41) is 24.5. The minimum Gasteiger partial charge on any atom is -0.392 e. The molecule has 0 bridgehead atoms. The van der Waals surface area contributed by atoms with E-state index in [-0.39, 0.29) is 11.5 Å². The summed E-state index contributed by atoms with van der Waals surface area (Å²) in [7, 11) is 1.73. The van der Waals surface area contributed by atoms with Gasteiger partial charge in [0.2, 0.25) is 0 Å². The maximum Gasteiger partial charge on any atom is 0.188 e. The topological polar surface area (TPSA) is 75.9 Å². The fraction of sp³-hybridized carbons (Fsp3) is 0.900. The Bertz CT molecular complexity index is 317. The highest BCUT2D eigenvalue weighted by Gasteiger charge is 2.16. The maximum absolute atomic E-state index is 9.74. The fourth-order valence-electron chi connectivity index (χ4n) is 1.52. The summed E-state index contributed by atoms with van der Waals surface area (Å²) < 4.78 is 0. The Morgan fingerprint density at radius 2 is 2.12 bits per heavy atom. The Morgan fingerprint density at radius 1 is 1.44 bits per heavy atom. The Morgan fingerprint density at radius 3 is 2.62 bits per heavy atom. The number of tetrazole rings is 1. The van der Waals surface area contributed by atoms with Gasteiger partial charge in [-0.25, -0.2) is 0 Å². The van der Waals surface area contributed by atoms with Crippen molar-refractivity contribution < 1.29 is 5.11 Å². The number of aryl methyl sites for hydroxylation is 1. The van der Waals surface area contributed by atoms with Crippen molar-refractivity contribution in [1.82, 2.24) is 25.5 Å². The van der Waals surface area contributed by atoms with E-state index in [1.165, 1.54) is 4.80 Å². The molecule has 1 unspecified atom stereocenters. The summed E-state index contributed by atoms with van der Waals surface area (Å²) >= 11 is 0. The molecule has 1 atom stereocenters. The third-order valence-electron chi connectivity index (χ3n) is 2.06. The molecule has 0 aromatic carbocycles. The molecule has 0 fully saturated rings. The summed E-state index contributed by atoms with van der Waals surface area (Å²) in [4.78, 5) is 1.42. The van der Waals surface area contributed by atoms with E-state index >= 15 is 0 Å². The lowest BCUT2D eigenvalue weighted by atomic mass is 9.89. The van der Waals surface area contributed by atoms with Crippen molar-refractivity contribution in [2.45, 2.75) is 39.8 Å². The fourth-order valence-corrected chi connectivity index (χ4v) is 1.52. The van der Waals surface area contributed by atoms with Crippen LogP contribution in [0.3, 0.4) is 0 Å². The molecule has 1 rings (SSSR count). The molecule has 0 amide bonds. The first-order chi connectivity index (χ1) is 7.37. The van der Waals surface area contributed by atoms with Gasteiger partial charge in [-0.1, -0.05) is 20.8 Å². The number of aromatic nitrogens is 4. The molecule has 0 aliphatic rings. The number of aliphatic hydroxyl groups is 1. The largest absolute Gasteiger partial charge is 0.392 e. The number of hydrogen-bond donors (Lipinski definition) is 2. The summed E-state index contributed by atoms with van der Waals surface area (Å²) in [5.41, 5.74) is 0.145. The lowest BCUT2D eigenvalue weighted by molar-refractivity contribution is 0.119. The van der Waals surface area contributed by atoms with Gasteiger partial charge >= 0.3 is 0 Å². The second kappa shape index (κ2) is 5.36. The van der Waals surface area contributed by atoms with Gasteiger partial charge in [-0.05, 0) is 17.0 Å². The summed E-state index contributed by atoms with van der Waals surface area (Å²) in [6.07, 6.45) is 0.435. The van der Waals surface area contributed by atoms with Crippen molar-refractivity contribution >= 4 is 0 Å². The molecular formula is C10H21N5O. The SMILES string of the molecule is Cn1nnc(CNCC(O)CC(C)(C)C)n1. The van der Waals surface area contributed by atoms with Gasteiger partial charge in [0.1, 0.15) is 0 Å². The number of nitrogens with one attached hydrogen (secondary N) is 1. The standard InChI is InChI=1S/C10H21N5O/c1-10(2,3)5-8(16)6-11-7-9-12-14-15(4)13-9/h8,11,16H,5-7H2,1-4H3. The summed E-state index contributed by atoms with van der Waals surface area (Å²) in [6, 6.07) is 0. The van der Waals surface area contributed by atoms with Gasteiger partial charge in [0.25, 0.3) is 0 Å². The van der Waals surface area contributed by atoms with Crippen LogP contribution in [0, 0.1) is 5.41 Å². The minimum absolute atomic E-state index is 0.145. The minimum atomic E-state index is -0.336. The quantitative estimate of drug-likeness (QED) is 0.746. The maximum atomic E-state index is 9.74. The van der Waals surface area contributed by atoms with Crippen LogP contribution in [-0.4, -0.2) is 38.0 Å². The average Bonchev–Trinajstić information content (AvgIpc) is 2.48. The van der Waals surface area contributed by atoms with E-state index in [1.807, 2.05) is 0 Å². The van der Waals surface area contributed by atoms with Crippen LogP contribution in [0.5, 0.6) is 0 Å². The van der Waals surface area contributed by atoms with Crippen LogP contribution < -0.4 is 5.32 Å². The zero-order chi connectivity index (χ0) is 12.2. The Balaban J connectivity index is 2.20. The zero-order valence-corrected chi connectivity index (χ0v) is 10.4. The first-order valence-corrected chi connectivity index (χ1v) is 5.48. The van der Waals surface area contributed by atoms with Gasteiger partial charge in [0.15, 0.2) is 5.82 Å². The van der Waals surface area contributed by atoms with Crippen LogP contribution in [0.2, 0.25) is 0 Å². The lowest BCUT2D eigenvalue weighted by Gasteiger charge is -2.22. The van der Waals surface area contributed by atoms with E-state index in [1.54, 1.807) is 7.05 Å². The first kappa shape index (κ1) is 13.1. The van der Waals surface area contributed by atoms with Crippen LogP contribution in [0.1, 0.15) is 33.0 Å². The predicted octanol–water partition coefficient (Wildman–Crippen LogP) is 0.0968. The number of rotatable bonds is 5. The van der Waals surface area contributed by atoms with Gasteiger partial charge in [0.05, 0.1) is 19.7 Å². The van der Waals surface area contributed by atoms with Crippen molar-refractivity contribution in [2.24, 2.45) is 12.5 Å². The smallest absolute Gasteiger partial charge is 0.188 e. The average molecular weight is 227 g/mol. The van der Waals surface area contributed by atoms with Crippen molar-refractivity contribution in [3.05, 3.63) is 5.82 Å². The summed E-state index contributed by atoms with van der Waals surface area (Å²) in [6.45, 7) is 7.42. The van der Waals surface area contributed by atoms with Crippen molar-refractivity contribution in [3.8, 4) is 0 Å². The van der Waals surface area contributed by atoms with Gasteiger partial charge < -0.3 is 10.4 Å². The van der Waals surface area contributed by atoms with E-state index in [4.69, 9.17) is 0 Å². The second-order valence-corrected chi connectivity index (χ2v) is 5.24. The van der Waals surface area contributed by atoms with E-state index in [9.17, 15) is 5.11 Å². The second-order valence-electron chi connectivity index (χ2n) is 5.24. The number of aliphatic hydroxyl groups excluding tert-OH is 1. The molecule has 0 spiro atoms. The molecule has 2 N–H and O–H groups in total. The zero-order valence-electron chi connectivity index (χ0n) is 10.4. The molecule has 0 saturated carbocycles. The molecule has 6 nitrogen and oxygen atoms in total. The predicted molar refractivity (Wildman–Crippen MR) is 60.6 cm³/mol. The third-order valence-corrected chi connectivity index (χ3v) is 2.06. The molecule has 1 aromatic heterocycles. The van der Waals surface area contributed by atoms with Crippen LogP contribution in [0.25, 0.3) is 0 Å². The highest BCUT2D eigenvalue weighted by Crippen LogP contribution is 2.20. The Kier molecular flexibility index (Phi) is 4.37. The van der Waals surface area contributed by atoms with Gasteiger partial charge in [-0.15, -0.1) is 10.2 Å². The molecular weight excluding hydrogens is 206 g/mol.